The smallest absolute Gasteiger partial charge is 0.244 e. The fraction of sp³-hybridized carbons (Fsp3) is 0.158. The SMILES string of the molecule is C[C@H](NC(=O)/C=C/c1ccccc1)C(=O)NCc1cccc(Cl)c1. The van der Waals surface area contributed by atoms with Gasteiger partial charge in [0.2, 0.25) is 11.8 Å². The number of carbonyl (C=O) groups excluding carboxylic acids is 2. The number of carbonyl (C=O) groups is 2. The molecule has 0 radical (unpaired) electrons. The first-order valence-electron chi connectivity index (χ1n) is 7.60. The third-order valence-corrected chi connectivity index (χ3v) is 3.57. The molecule has 2 rings (SSSR count). The van der Waals surface area contributed by atoms with Gasteiger partial charge in [0.15, 0.2) is 0 Å². The Morgan fingerprint density at radius 3 is 2.58 bits per heavy atom. The van der Waals surface area contributed by atoms with Crippen molar-refractivity contribution in [3.05, 3.63) is 76.8 Å². The van der Waals surface area contributed by atoms with Crippen LogP contribution in [0.25, 0.3) is 6.08 Å². The molecule has 0 saturated carbocycles. The van der Waals surface area contributed by atoms with E-state index in [1.54, 1.807) is 25.1 Å². The molecule has 1 atom stereocenters. The number of halogens is 1. The van der Waals surface area contributed by atoms with Crippen LogP contribution in [0.3, 0.4) is 0 Å². The Kier molecular flexibility index (Phi) is 6.58. The van der Waals surface area contributed by atoms with Gasteiger partial charge in [-0.1, -0.05) is 54.1 Å². The Morgan fingerprint density at radius 1 is 1.12 bits per heavy atom. The molecule has 0 aliphatic heterocycles. The molecule has 2 N–H and O–H groups in total. The largest absolute Gasteiger partial charge is 0.350 e. The fourth-order valence-corrected chi connectivity index (χ4v) is 2.27. The monoisotopic (exact) mass is 342 g/mol. The summed E-state index contributed by atoms with van der Waals surface area (Å²) in [5, 5.41) is 6.02. The summed E-state index contributed by atoms with van der Waals surface area (Å²) in [4.78, 5) is 23.9. The maximum atomic E-state index is 12.0. The molecular formula is C19H19ClN2O2. The van der Waals surface area contributed by atoms with Crippen LogP contribution in [0, 0.1) is 0 Å². The van der Waals surface area contributed by atoms with Gasteiger partial charge in [0.05, 0.1) is 0 Å². The number of hydrogen-bond donors (Lipinski definition) is 2. The lowest BCUT2D eigenvalue weighted by molar-refractivity contribution is -0.126. The second-order valence-corrected chi connectivity index (χ2v) is 5.76. The molecule has 2 amide bonds. The third kappa shape index (κ3) is 5.89. The topological polar surface area (TPSA) is 58.2 Å². The number of amides is 2. The van der Waals surface area contributed by atoms with E-state index in [9.17, 15) is 9.59 Å². The molecule has 24 heavy (non-hydrogen) atoms. The van der Waals surface area contributed by atoms with Gasteiger partial charge in [-0.15, -0.1) is 0 Å². The van der Waals surface area contributed by atoms with Crippen LogP contribution < -0.4 is 10.6 Å². The van der Waals surface area contributed by atoms with E-state index in [2.05, 4.69) is 10.6 Å². The van der Waals surface area contributed by atoms with Crippen LogP contribution >= 0.6 is 11.6 Å². The molecule has 5 heteroatoms. The summed E-state index contributed by atoms with van der Waals surface area (Å²) in [6.45, 7) is 2.00. The molecule has 4 nitrogen and oxygen atoms in total. The van der Waals surface area contributed by atoms with Gasteiger partial charge in [-0.25, -0.2) is 0 Å². The van der Waals surface area contributed by atoms with Crippen LogP contribution in [0.5, 0.6) is 0 Å². The zero-order valence-corrected chi connectivity index (χ0v) is 14.1. The Bertz CT molecular complexity index is 729. The van der Waals surface area contributed by atoms with Crippen molar-refractivity contribution in [1.29, 1.82) is 0 Å². The lowest BCUT2D eigenvalue weighted by Gasteiger charge is -2.13. The van der Waals surface area contributed by atoms with E-state index in [0.717, 1.165) is 11.1 Å². The van der Waals surface area contributed by atoms with Crippen molar-refractivity contribution in [3.63, 3.8) is 0 Å². The average molecular weight is 343 g/mol. The van der Waals surface area contributed by atoms with Crippen molar-refractivity contribution in [2.24, 2.45) is 0 Å². The summed E-state index contributed by atoms with van der Waals surface area (Å²) in [6, 6.07) is 16.1. The van der Waals surface area contributed by atoms with Crippen LogP contribution in [0.1, 0.15) is 18.1 Å². The van der Waals surface area contributed by atoms with Crippen LogP contribution in [0.2, 0.25) is 5.02 Å². The minimum Gasteiger partial charge on any atom is -0.350 e. The average Bonchev–Trinajstić information content (AvgIpc) is 2.59. The van der Waals surface area contributed by atoms with Gasteiger partial charge in [-0.05, 0) is 36.3 Å². The molecule has 0 aliphatic carbocycles. The number of hydrogen-bond acceptors (Lipinski definition) is 2. The van der Waals surface area contributed by atoms with Crippen molar-refractivity contribution < 1.29 is 9.59 Å². The second kappa shape index (κ2) is 8.89. The molecule has 2 aromatic rings. The predicted octanol–water partition coefficient (Wildman–Crippen LogP) is 3.17. The maximum absolute atomic E-state index is 12.0. The maximum Gasteiger partial charge on any atom is 0.244 e. The van der Waals surface area contributed by atoms with Crippen LogP contribution in [-0.2, 0) is 16.1 Å². The van der Waals surface area contributed by atoms with Crippen molar-refractivity contribution in [2.75, 3.05) is 0 Å². The van der Waals surface area contributed by atoms with Gasteiger partial charge >= 0.3 is 0 Å². The highest BCUT2D eigenvalue weighted by atomic mass is 35.5. The first-order valence-corrected chi connectivity index (χ1v) is 7.98. The first kappa shape index (κ1) is 17.8. The van der Waals surface area contributed by atoms with Crippen LogP contribution in [0.15, 0.2) is 60.7 Å². The van der Waals surface area contributed by atoms with Crippen molar-refractivity contribution in [3.8, 4) is 0 Å². The lowest BCUT2D eigenvalue weighted by atomic mass is 10.2. The molecule has 0 aromatic heterocycles. The van der Waals surface area contributed by atoms with E-state index in [4.69, 9.17) is 11.6 Å². The van der Waals surface area contributed by atoms with Crippen LogP contribution in [0.4, 0.5) is 0 Å². The minimum atomic E-state index is -0.628. The number of nitrogens with one attached hydrogen (secondary N) is 2. The van der Waals surface area contributed by atoms with Gasteiger partial charge < -0.3 is 10.6 Å². The third-order valence-electron chi connectivity index (χ3n) is 3.33. The highest BCUT2D eigenvalue weighted by molar-refractivity contribution is 6.30. The molecule has 0 bridgehead atoms. The molecule has 0 aliphatic rings. The van der Waals surface area contributed by atoms with E-state index in [1.165, 1.54) is 6.08 Å². The van der Waals surface area contributed by atoms with Crippen molar-refractivity contribution in [2.45, 2.75) is 19.5 Å². The first-order chi connectivity index (χ1) is 11.5. The fourth-order valence-electron chi connectivity index (χ4n) is 2.05. The summed E-state index contributed by atoms with van der Waals surface area (Å²) >= 11 is 5.90. The standard InChI is InChI=1S/C19H19ClN2O2/c1-14(19(24)21-13-16-8-5-9-17(20)12-16)22-18(23)11-10-15-6-3-2-4-7-15/h2-12,14H,13H2,1H3,(H,21,24)(H,22,23)/b11-10+/t14-/m0/s1. The van der Waals surface area contributed by atoms with Gasteiger partial charge in [0.1, 0.15) is 6.04 Å². The normalized spacial score (nSPS) is 11.9. The summed E-state index contributed by atoms with van der Waals surface area (Å²) in [5.41, 5.74) is 1.82. The predicted molar refractivity (Wildman–Crippen MR) is 96.4 cm³/mol. The van der Waals surface area contributed by atoms with Gasteiger partial charge in [0, 0.05) is 17.6 Å². The van der Waals surface area contributed by atoms with Crippen molar-refractivity contribution >= 4 is 29.5 Å². The molecule has 0 spiro atoms. The van der Waals surface area contributed by atoms with E-state index in [-0.39, 0.29) is 11.8 Å². The Labute approximate surface area is 146 Å². The molecule has 124 valence electrons. The highest BCUT2D eigenvalue weighted by Gasteiger charge is 2.13. The van der Waals surface area contributed by atoms with E-state index < -0.39 is 6.04 Å². The molecule has 2 aromatic carbocycles. The van der Waals surface area contributed by atoms with Gasteiger partial charge in [-0.2, -0.15) is 0 Å². The number of benzene rings is 2. The molecule has 0 fully saturated rings. The Morgan fingerprint density at radius 2 is 1.88 bits per heavy atom. The Balaban J connectivity index is 1.80. The summed E-state index contributed by atoms with van der Waals surface area (Å²) in [6.07, 6.45) is 3.11. The minimum absolute atomic E-state index is 0.253. The summed E-state index contributed by atoms with van der Waals surface area (Å²) in [7, 11) is 0. The van der Waals surface area contributed by atoms with E-state index in [1.807, 2.05) is 42.5 Å². The summed E-state index contributed by atoms with van der Waals surface area (Å²) < 4.78 is 0. The van der Waals surface area contributed by atoms with Gasteiger partial charge in [0.25, 0.3) is 0 Å². The van der Waals surface area contributed by atoms with Gasteiger partial charge in [-0.3, -0.25) is 9.59 Å². The molecule has 0 saturated heterocycles. The highest BCUT2D eigenvalue weighted by Crippen LogP contribution is 2.10. The van der Waals surface area contributed by atoms with Crippen molar-refractivity contribution in [1.82, 2.24) is 10.6 Å². The Hall–Kier alpha value is -2.59. The molecule has 0 heterocycles. The number of rotatable bonds is 6. The lowest BCUT2D eigenvalue weighted by Crippen LogP contribution is -2.44. The summed E-state index contributed by atoms with van der Waals surface area (Å²) in [5.74, 6) is -0.569. The molecular weight excluding hydrogens is 324 g/mol. The molecule has 0 unspecified atom stereocenters. The second-order valence-electron chi connectivity index (χ2n) is 5.32. The zero-order valence-electron chi connectivity index (χ0n) is 13.3. The van der Waals surface area contributed by atoms with E-state index in [0.29, 0.717) is 11.6 Å². The van der Waals surface area contributed by atoms with E-state index >= 15 is 0 Å². The quantitative estimate of drug-likeness (QED) is 0.792. The van der Waals surface area contributed by atoms with Crippen LogP contribution in [-0.4, -0.2) is 17.9 Å². The zero-order chi connectivity index (χ0) is 17.4.